The van der Waals surface area contributed by atoms with Gasteiger partial charge >= 0.3 is 0 Å². The van der Waals surface area contributed by atoms with Gasteiger partial charge in [-0.05, 0) is 61.1 Å². The summed E-state index contributed by atoms with van der Waals surface area (Å²) >= 11 is 0. The average molecular weight is 469 g/mol. The first-order valence-corrected chi connectivity index (χ1v) is 12.4. The molecule has 2 amide bonds. The number of hydrogen-bond acceptors (Lipinski definition) is 4. The van der Waals surface area contributed by atoms with Crippen molar-refractivity contribution in [3.05, 3.63) is 59.7 Å². The van der Waals surface area contributed by atoms with E-state index in [4.69, 9.17) is 9.47 Å². The molecule has 2 N–H and O–H groups in total. The molecule has 0 saturated carbocycles. The zero-order valence-electron chi connectivity index (χ0n) is 21.1. The molecule has 0 fully saturated rings. The van der Waals surface area contributed by atoms with Crippen LogP contribution in [0.3, 0.4) is 0 Å². The normalized spacial score (nSPS) is 10.9. The maximum absolute atomic E-state index is 12.4. The minimum atomic E-state index is -0.0816. The molecule has 0 aliphatic heterocycles. The number of carbonyl (C=O) groups is 2. The Kier molecular flexibility index (Phi) is 12.0. The van der Waals surface area contributed by atoms with Gasteiger partial charge in [-0.2, -0.15) is 0 Å². The van der Waals surface area contributed by atoms with Crippen LogP contribution in [0.25, 0.3) is 0 Å². The first-order chi connectivity index (χ1) is 16.3. The van der Waals surface area contributed by atoms with E-state index in [0.29, 0.717) is 49.3 Å². The molecule has 0 aliphatic carbocycles. The SMILES string of the molecule is CC(C)COc1cccc(C(=O)NCCCCCCNC(=O)c2cccc(OCC(C)C)c2)c1. The van der Waals surface area contributed by atoms with Crippen molar-refractivity contribution in [2.24, 2.45) is 11.8 Å². The van der Waals surface area contributed by atoms with Crippen molar-refractivity contribution in [2.75, 3.05) is 26.3 Å². The zero-order chi connectivity index (χ0) is 24.8. The average Bonchev–Trinajstić information content (AvgIpc) is 2.83. The van der Waals surface area contributed by atoms with E-state index in [1.54, 1.807) is 24.3 Å². The van der Waals surface area contributed by atoms with Crippen molar-refractivity contribution < 1.29 is 19.1 Å². The van der Waals surface area contributed by atoms with Gasteiger partial charge in [-0.25, -0.2) is 0 Å². The van der Waals surface area contributed by atoms with Crippen molar-refractivity contribution in [2.45, 2.75) is 53.4 Å². The number of unbranched alkanes of at least 4 members (excludes halogenated alkanes) is 3. The van der Waals surface area contributed by atoms with Gasteiger partial charge in [-0.3, -0.25) is 9.59 Å². The van der Waals surface area contributed by atoms with Crippen molar-refractivity contribution in [3.63, 3.8) is 0 Å². The summed E-state index contributed by atoms with van der Waals surface area (Å²) in [7, 11) is 0. The quantitative estimate of drug-likeness (QED) is 0.340. The van der Waals surface area contributed by atoms with Crippen LogP contribution in [-0.2, 0) is 0 Å². The highest BCUT2D eigenvalue weighted by molar-refractivity contribution is 5.95. The van der Waals surface area contributed by atoms with Crippen molar-refractivity contribution >= 4 is 11.8 Å². The second-order valence-corrected chi connectivity index (χ2v) is 9.39. The monoisotopic (exact) mass is 468 g/mol. The number of nitrogens with one attached hydrogen (secondary N) is 2. The van der Waals surface area contributed by atoms with E-state index in [1.165, 1.54) is 0 Å². The molecule has 2 aromatic carbocycles. The topological polar surface area (TPSA) is 76.7 Å². The number of rotatable bonds is 15. The van der Waals surface area contributed by atoms with E-state index < -0.39 is 0 Å². The van der Waals surface area contributed by atoms with E-state index in [-0.39, 0.29) is 11.8 Å². The van der Waals surface area contributed by atoms with E-state index in [1.807, 2.05) is 24.3 Å². The lowest BCUT2D eigenvalue weighted by Crippen LogP contribution is -2.25. The molecule has 0 spiro atoms. The summed E-state index contributed by atoms with van der Waals surface area (Å²) in [5.74, 6) is 2.15. The summed E-state index contributed by atoms with van der Waals surface area (Å²) in [6.07, 6.45) is 3.79. The Bertz CT molecular complexity index is 822. The van der Waals surface area contributed by atoms with Crippen LogP contribution in [-0.4, -0.2) is 38.1 Å². The van der Waals surface area contributed by atoms with Gasteiger partial charge in [0.25, 0.3) is 11.8 Å². The number of hydrogen-bond donors (Lipinski definition) is 2. The number of carbonyl (C=O) groups excluding carboxylic acids is 2. The van der Waals surface area contributed by atoms with Crippen LogP contribution in [0.2, 0.25) is 0 Å². The molecule has 34 heavy (non-hydrogen) atoms. The largest absolute Gasteiger partial charge is 0.493 e. The predicted octanol–water partition coefficient (Wildman–Crippen LogP) is 5.48. The highest BCUT2D eigenvalue weighted by Gasteiger charge is 2.08. The van der Waals surface area contributed by atoms with Gasteiger partial charge in [0.05, 0.1) is 13.2 Å². The van der Waals surface area contributed by atoms with Crippen LogP contribution in [0.5, 0.6) is 11.5 Å². The maximum atomic E-state index is 12.4. The fourth-order valence-electron chi connectivity index (χ4n) is 3.19. The lowest BCUT2D eigenvalue weighted by Gasteiger charge is -2.11. The van der Waals surface area contributed by atoms with Crippen molar-refractivity contribution in [1.29, 1.82) is 0 Å². The summed E-state index contributed by atoms with van der Waals surface area (Å²) < 4.78 is 11.4. The second kappa shape index (κ2) is 15.0. The summed E-state index contributed by atoms with van der Waals surface area (Å²) in [6, 6.07) is 14.6. The Labute approximate surface area is 204 Å². The van der Waals surface area contributed by atoms with E-state index >= 15 is 0 Å². The minimum absolute atomic E-state index is 0.0816. The molecule has 0 radical (unpaired) electrons. The standard InChI is InChI=1S/C28H40N2O4/c1-21(2)19-33-25-13-9-11-23(17-25)27(31)29-15-7-5-6-8-16-30-28(32)24-12-10-14-26(18-24)34-20-22(3)4/h9-14,17-18,21-22H,5-8,15-16,19-20H2,1-4H3,(H,29,31)(H,30,32). The Morgan fingerprint density at radius 2 is 1.09 bits per heavy atom. The lowest BCUT2D eigenvalue weighted by molar-refractivity contribution is 0.0943. The van der Waals surface area contributed by atoms with Crippen LogP contribution in [0, 0.1) is 11.8 Å². The molecule has 0 unspecified atom stereocenters. The molecule has 6 nitrogen and oxygen atoms in total. The number of amides is 2. The Morgan fingerprint density at radius 1 is 0.676 bits per heavy atom. The third-order valence-corrected chi connectivity index (χ3v) is 5.03. The fourth-order valence-corrected chi connectivity index (χ4v) is 3.19. The van der Waals surface area contributed by atoms with Crippen LogP contribution >= 0.6 is 0 Å². The molecule has 2 rings (SSSR count). The summed E-state index contributed by atoms with van der Waals surface area (Å²) in [5.41, 5.74) is 1.23. The Hall–Kier alpha value is -3.02. The third-order valence-electron chi connectivity index (χ3n) is 5.03. The molecule has 0 aliphatic rings. The molecule has 0 aromatic heterocycles. The van der Waals surface area contributed by atoms with Gasteiger partial charge in [0, 0.05) is 24.2 Å². The van der Waals surface area contributed by atoms with E-state index in [0.717, 1.165) is 37.2 Å². The van der Waals surface area contributed by atoms with Crippen molar-refractivity contribution in [3.8, 4) is 11.5 Å². The molecule has 6 heteroatoms. The van der Waals surface area contributed by atoms with E-state index in [9.17, 15) is 9.59 Å². The first-order valence-electron chi connectivity index (χ1n) is 12.4. The molecule has 0 heterocycles. The summed E-state index contributed by atoms with van der Waals surface area (Å²) in [5, 5.41) is 5.94. The molecule has 186 valence electrons. The second-order valence-electron chi connectivity index (χ2n) is 9.39. The number of ether oxygens (including phenoxy) is 2. The van der Waals surface area contributed by atoms with Crippen LogP contribution in [0.15, 0.2) is 48.5 Å². The predicted molar refractivity (Wildman–Crippen MR) is 137 cm³/mol. The number of benzene rings is 2. The van der Waals surface area contributed by atoms with Gasteiger partial charge < -0.3 is 20.1 Å². The van der Waals surface area contributed by atoms with Gasteiger partial charge in [0.2, 0.25) is 0 Å². The first kappa shape index (κ1) is 27.2. The van der Waals surface area contributed by atoms with Gasteiger partial charge in [-0.15, -0.1) is 0 Å². The van der Waals surface area contributed by atoms with Crippen LogP contribution < -0.4 is 20.1 Å². The highest BCUT2D eigenvalue weighted by atomic mass is 16.5. The van der Waals surface area contributed by atoms with Crippen LogP contribution in [0.4, 0.5) is 0 Å². The van der Waals surface area contributed by atoms with Crippen LogP contribution in [0.1, 0.15) is 74.1 Å². The molecular weight excluding hydrogens is 428 g/mol. The summed E-state index contributed by atoms with van der Waals surface area (Å²) in [6.45, 7) is 10.9. The van der Waals surface area contributed by atoms with E-state index in [2.05, 4.69) is 38.3 Å². The van der Waals surface area contributed by atoms with Gasteiger partial charge in [0.15, 0.2) is 0 Å². The third kappa shape index (κ3) is 10.7. The van der Waals surface area contributed by atoms with Gasteiger partial charge in [0.1, 0.15) is 11.5 Å². The highest BCUT2D eigenvalue weighted by Crippen LogP contribution is 2.15. The maximum Gasteiger partial charge on any atom is 0.251 e. The zero-order valence-corrected chi connectivity index (χ0v) is 21.1. The molecular formula is C28H40N2O4. The Balaban J connectivity index is 1.58. The van der Waals surface area contributed by atoms with Crippen molar-refractivity contribution in [1.82, 2.24) is 10.6 Å². The smallest absolute Gasteiger partial charge is 0.251 e. The Morgan fingerprint density at radius 3 is 1.47 bits per heavy atom. The lowest BCUT2D eigenvalue weighted by atomic mass is 10.1. The van der Waals surface area contributed by atoms with Gasteiger partial charge in [-0.1, -0.05) is 52.7 Å². The minimum Gasteiger partial charge on any atom is -0.493 e. The molecule has 0 atom stereocenters. The molecule has 0 bridgehead atoms. The summed E-state index contributed by atoms with van der Waals surface area (Å²) in [4.78, 5) is 24.7. The molecule has 2 aromatic rings. The fraction of sp³-hybridized carbons (Fsp3) is 0.500. The molecule has 0 saturated heterocycles.